The summed E-state index contributed by atoms with van der Waals surface area (Å²) in [6.07, 6.45) is 6.94. The van der Waals surface area contributed by atoms with Crippen molar-refractivity contribution >= 4 is 11.8 Å². The van der Waals surface area contributed by atoms with Crippen LogP contribution in [-0.4, -0.2) is 76.3 Å². The van der Waals surface area contributed by atoms with Gasteiger partial charge >= 0.3 is 0 Å². The fraction of sp³-hybridized carbons (Fsp3) is 0.650. The molecule has 1 aromatic heterocycles. The molecule has 1 aromatic rings. The number of hydrogen-bond acceptors (Lipinski definition) is 4. The Morgan fingerprint density at radius 2 is 1.85 bits per heavy atom. The summed E-state index contributed by atoms with van der Waals surface area (Å²) in [7, 11) is 0. The van der Waals surface area contributed by atoms with Crippen LogP contribution in [-0.2, 0) is 4.79 Å². The third-order valence-electron chi connectivity index (χ3n) is 6.47. The molecular weight excluding hydrogens is 347 g/mol. The van der Waals surface area contributed by atoms with Crippen LogP contribution in [0.15, 0.2) is 18.3 Å². The fourth-order valence-electron chi connectivity index (χ4n) is 4.85. The van der Waals surface area contributed by atoms with Crippen molar-refractivity contribution in [1.82, 2.24) is 19.7 Å². The van der Waals surface area contributed by atoms with Gasteiger partial charge in [-0.25, -0.2) is 4.98 Å². The Labute approximate surface area is 159 Å². The molecule has 27 heavy (non-hydrogen) atoms. The number of nitrogens with zero attached hydrogens (tertiary/aromatic N) is 4. The fourth-order valence-corrected chi connectivity index (χ4v) is 4.85. The van der Waals surface area contributed by atoms with Gasteiger partial charge in [0.2, 0.25) is 11.9 Å². The SMILES string of the molecule is O=C(c1ccnc(F)c1)N1CCC2(CCC(=O)N2CCN2CCCC2)CC1. The van der Waals surface area contributed by atoms with Crippen LogP contribution in [0, 0.1) is 5.95 Å². The minimum absolute atomic E-state index is 0.100. The molecule has 7 heteroatoms. The highest BCUT2D eigenvalue weighted by atomic mass is 19.1. The first kappa shape index (κ1) is 18.3. The second-order valence-corrected chi connectivity index (χ2v) is 7.98. The van der Waals surface area contributed by atoms with E-state index < -0.39 is 5.95 Å². The van der Waals surface area contributed by atoms with Crippen LogP contribution in [0.1, 0.15) is 48.9 Å². The molecule has 0 N–H and O–H groups in total. The molecule has 4 heterocycles. The maximum absolute atomic E-state index is 13.3. The summed E-state index contributed by atoms with van der Waals surface area (Å²) in [4.78, 5) is 35.0. The van der Waals surface area contributed by atoms with Crippen molar-refractivity contribution in [3.63, 3.8) is 0 Å². The number of aromatic nitrogens is 1. The zero-order valence-corrected chi connectivity index (χ0v) is 15.7. The molecular formula is C20H27FN4O2. The number of piperidine rings is 1. The van der Waals surface area contributed by atoms with Crippen LogP contribution in [0.2, 0.25) is 0 Å². The molecule has 3 fully saturated rings. The summed E-state index contributed by atoms with van der Waals surface area (Å²) in [6.45, 7) is 5.24. The zero-order valence-electron chi connectivity index (χ0n) is 15.7. The summed E-state index contributed by atoms with van der Waals surface area (Å²) in [5.74, 6) is -0.534. The average Bonchev–Trinajstić information content (AvgIpc) is 3.29. The third-order valence-corrected chi connectivity index (χ3v) is 6.47. The van der Waals surface area contributed by atoms with E-state index in [1.54, 1.807) is 11.0 Å². The summed E-state index contributed by atoms with van der Waals surface area (Å²) < 4.78 is 13.3. The van der Waals surface area contributed by atoms with Crippen molar-refractivity contribution in [3.05, 3.63) is 29.8 Å². The molecule has 3 aliphatic heterocycles. The largest absolute Gasteiger partial charge is 0.338 e. The number of hydrogen-bond donors (Lipinski definition) is 0. The van der Waals surface area contributed by atoms with Crippen molar-refractivity contribution in [2.75, 3.05) is 39.3 Å². The minimum atomic E-state index is -0.635. The Morgan fingerprint density at radius 1 is 1.11 bits per heavy atom. The molecule has 0 unspecified atom stereocenters. The molecule has 1 spiro atoms. The van der Waals surface area contributed by atoms with Crippen LogP contribution in [0.25, 0.3) is 0 Å². The molecule has 0 radical (unpaired) electrons. The molecule has 3 aliphatic rings. The molecule has 4 rings (SSSR count). The lowest BCUT2D eigenvalue weighted by Gasteiger charge is -2.45. The van der Waals surface area contributed by atoms with Gasteiger partial charge in [0.25, 0.3) is 5.91 Å². The lowest BCUT2D eigenvalue weighted by Crippen LogP contribution is -2.55. The predicted molar refractivity (Wildman–Crippen MR) is 98.7 cm³/mol. The van der Waals surface area contributed by atoms with Crippen LogP contribution >= 0.6 is 0 Å². The lowest BCUT2D eigenvalue weighted by molar-refractivity contribution is -0.132. The van der Waals surface area contributed by atoms with Crippen LogP contribution in [0.5, 0.6) is 0 Å². The zero-order chi connectivity index (χ0) is 18.9. The first-order valence-electron chi connectivity index (χ1n) is 10.0. The van der Waals surface area contributed by atoms with Crippen LogP contribution < -0.4 is 0 Å². The normalized spacial score (nSPS) is 22.8. The van der Waals surface area contributed by atoms with E-state index in [-0.39, 0.29) is 17.4 Å². The summed E-state index contributed by atoms with van der Waals surface area (Å²) in [6, 6.07) is 2.74. The van der Waals surface area contributed by atoms with E-state index in [1.807, 2.05) is 0 Å². The maximum Gasteiger partial charge on any atom is 0.254 e. The van der Waals surface area contributed by atoms with Crippen molar-refractivity contribution in [3.8, 4) is 0 Å². The predicted octanol–water partition coefficient (Wildman–Crippen LogP) is 1.91. The van der Waals surface area contributed by atoms with Gasteiger partial charge in [0.15, 0.2) is 0 Å². The Hall–Kier alpha value is -2.02. The van der Waals surface area contributed by atoms with Gasteiger partial charge in [-0.15, -0.1) is 0 Å². The summed E-state index contributed by atoms with van der Waals surface area (Å²) in [5.41, 5.74) is 0.240. The van der Waals surface area contributed by atoms with E-state index in [1.165, 1.54) is 25.1 Å². The lowest BCUT2D eigenvalue weighted by atomic mass is 9.84. The average molecular weight is 374 g/mol. The highest BCUT2D eigenvalue weighted by molar-refractivity contribution is 5.94. The van der Waals surface area contributed by atoms with Gasteiger partial charge in [0.1, 0.15) is 0 Å². The maximum atomic E-state index is 13.3. The second kappa shape index (κ2) is 7.54. The number of halogens is 1. The molecule has 3 saturated heterocycles. The highest BCUT2D eigenvalue weighted by Gasteiger charge is 2.47. The van der Waals surface area contributed by atoms with E-state index in [0.29, 0.717) is 25.1 Å². The van der Waals surface area contributed by atoms with Gasteiger partial charge in [-0.1, -0.05) is 0 Å². The Balaban J connectivity index is 1.38. The van der Waals surface area contributed by atoms with Crippen LogP contribution in [0.4, 0.5) is 4.39 Å². The number of carbonyl (C=O) groups is 2. The van der Waals surface area contributed by atoms with E-state index in [4.69, 9.17) is 0 Å². The molecule has 0 aliphatic carbocycles. The van der Waals surface area contributed by atoms with Gasteiger partial charge in [-0.3, -0.25) is 9.59 Å². The summed E-state index contributed by atoms with van der Waals surface area (Å²) in [5, 5.41) is 0. The molecule has 0 bridgehead atoms. The standard InChI is InChI=1S/C20H27FN4O2/c21-17-15-16(4-8-22-17)19(27)24-11-6-20(7-12-24)5-3-18(26)25(20)14-13-23-9-1-2-10-23/h4,8,15H,1-3,5-7,9-14H2. The molecule has 0 aromatic carbocycles. The first-order valence-corrected chi connectivity index (χ1v) is 10.0. The van der Waals surface area contributed by atoms with Crippen molar-refractivity contribution in [1.29, 1.82) is 0 Å². The smallest absolute Gasteiger partial charge is 0.254 e. The van der Waals surface area contributed by atoms with Crippen LogP contribution in [0.3, 0.4) is 0 Å². The van der Waals surface area contributed by atoms with E-state index in [2.05, 4.69) is 14.8 Å². The molecule has 2 amide bonds. The van der Waals surface area contributed by atoms with Gasteiger partial charge < -0.3 is 14.7 Å². The topological polar surface area (TPSA) is 56.8 Å². The van der Waals surface area contributed by atoms with Gasteiger partial charge in [0, 0.05) is 56.0 Å². The minimum Gasteiger partial charge on any atom is -0.338 e. The molecule has 0 atom stereocenters. The Morgan fingerprint density at radius 3 is 2.56 bits per heavy atom. The monoisotopic (exact) mass is 374 g/mol. The Kier molecular flexibility index (Phi) is 5.12. The summed E-state index contributed by atoms with van der Waals surface area (Å²) >= 11 is 0. The van der Waals surface area contributed by atoms with E-state index >= 15 is 0 Å². The highest BCUT2D eigenvalue weighted by Crippen LogP contribution is 2.39. The quantitative estimate of drug-likeness (QED) is 0.756. The van der Waals surface area contributed by atoms with Gasteiger partial charge in [-0.2, -0.15) is 4.39 Å². The number of likely N-dealkylation sites (tertiary alicyclic amines) is 3. The molecule has 6 nitrogen and oxygen atoms in total. The van der Waals surface area contributed by atoms with Crippen molar-refractivity contribution in [2.45, 2.75) is 44.1 Å². The van der Waals surface area contributed by atoms with E-state index in [9.17, 15) is 14.0 Å². The third kappa shape index (κ3) is 3.70. The molecule has 0 saturated carbocycles. The second-order valence-electron chi connectivity index (χ2n) is 7.98. The number of amides is 2. The van der Waals surface area contributed by atoms with Crippen molar-refractivity contribution < 1.29 is 14.0 Å². The first-order chi connectivity index (χ1) is 13.1. The molecule has 146 valence electrons. The van der Waals surface area contributed by atoms with Crippen molar-refractivity contribution in [2.24, 2.45) is 0 Å². The van der Waals surface area contributed by atoms with Gasteiger partial charge in [-0.05, 0) is 51.3 Å². The number of pyridine rings is 1. The number of rotatable bonds is 4. The number of carbonyl (C=O) groups excluding carboxylic acids is 2. The Bertz CT molecular complexity index is 712. The van der Waals surface area contributed by atoms with Gasteiger partial charge in [0.05, 0.1) is 0 Å². The van der Waals surface area contributed by atoms with E-state index in [0.717, 1.165) is 45.4 Å².